The SMILES string of the molecule is CN(I)c1cccc(C#N)n1. The largest absolute Gasteiger partial charge is 0.302 e. The Morgan fingerprint density at radius 1 is 1.64 bits per heavy atom. The molecule has 0 aliphatic carbocycles. The van der Waals surface area contributed by atoms with Crippen molar-refractivity contribution >= 4 is 28.7 Å². The number of rotatable bonds is 1. The average Bonchev–Trinajstić information content (AvgIpc) is 2.05. The zero-order valence-corrected chi connectivity index (χ0v) is 8.11. The predicted molar refractivity (Wildman–Crippen MR) is 51.4 cm³/mol. The Labute approximate surface area is 79.2 Å². The molecule has 1 rings (SSSR count). The van der Waals surface area contributed by atoms with Crippen LogP contribution in [0.25, 0.3) is 0 Å². The molecule has 0 N–H and O–H groups in total. The van der Waals surface area contributed by atoms with E-state index >= 15 is 0 Å². The first-order valence-electron chi connectivity index (χ1n) is 3.00. The number of pyridine rings is 1. The molecule has 0 amide bonds. The summed E-state index contributed by atoms with van der Waals surface area (Å²) in [5, 5.41) is 8.51. The maximum atomic E-state index is 8.51. The van der Waals surface area contributed by atoms with Gasteiger partial charge in [0.1, 0.15) is 17.6 Å². The Hall–Kier alpha value is -0.830. The lowest BCUT2D eigenvalue weighted by molar-refractivity contribution is 1.21. The number of hydrogen-bond donors (Lipinski definition) is 0. The minimum atomic E-state index is 0.450. The number of nitrogens with zero attached hydrogens (tertiary/aromatic N) is 3. The van der Waals surface area contributed by atoms with Gasteiger partial charge in [0.05, 0.1) is 22.9 Å². The maximum absolute atomic E-state index is 8.51. The van der Waals surface area contributed by atoms with Gasteiger partial charge in [-0.15, -0.1) is 0 Å². The molecule has 1 aromatic heterocycles. The van der Waals surface area contributed by atoms with Gasteiger partial charge in [0.2, 0.25) is 0 Å². The highest BCUT2D eigenvalue weighted by Crippen LogP contribution is 2.12. The zero-order chi connectivity index (χ0) is 8.27. The molecule has 0 aromatic carbocycles. The molecule has 0 saturated heterocycles. The predicted octanol–water partition coefficient (Wildman–Crippen LogP) is 1.74. The summed E-state index contributed by atoms with van der Waals surface area (Å²) in [5.74, 6) is 0.796. The Morgan fingerprint density at radius 2 is 2.36 bits per heavy atom. The van der Waals surface area contributed by atoms with Crippen LogP contribution in [0.3, 0.4) is 0 Å². The van der Waals surface area contributed by atoms with Crippen LogP contribution >= 0.6 is 22.9 Å². The quantitative estimate of drug-likeness (QED) is 0.569. The third kappa shape index (κ3) is 2.05. The Morgan fingerprint density at radius 3 is 2.91 bits per heavy atom. The summed E-state index contributed by atoms with van der Waals surface area (Å²) in [4.78, 5) is 4.05. The number of anilines is 1. The van der Waals surface area contributed by atoms with Gasteiger partial charge in [0.15, 0.2) is 0 Å². The molecule has 0 aliphatic heterocycles. The van der Waals surface area contributed by atoms with Crippen molar-refractivity contribution in [2.75, 3.05) is 10.2 Å². The molecule has 0 spiro atoms. The summed E-state index contributed by atoms with van der Waals surface area (Å²) >= 11 is 2.10. The van der Waals surface area contributed by atoms with Crippen molar-refractivity contribution in [3.05, 3.63) is 23.9 Å². The van der Waals surface area contributed by atoms with Crippen molar-refractivity contribution in [2.24, 2.45) is 0 Å². The zero-order valence-electron chi connectivity index (χ0n) is 5.95. The highest BCUT2D eigenvalue weighted by Gasteiger charge is 1.97. The summed E-state index contributed by atoms with van der Waals surface area (Å²) in [6.07, 6.45) is 0. The molecule has 0 unspecified atom stereocenters. The van der Waals surface area contributed by atoms with E-state index in [1.54, 1.807) is 6.07 Å². The number of aromatic nitrogens is 1. The molecular formula is C7H6IN3. The van der Waals surface area contributed by atoms with Crippen molar-refractivity contribution in [1.29, 1.82) is 5.26 Å². The highest BCUT2D eigenvalue weighted by atomic mass is 127. The van der Waals surface area contributed by atoms with Crippen molar-refractivity contribution in [2.45, 2.75) is 0 Å². The van der Waals surface area contributed by atoms with Gasteiger partial charge >= 0.3 is 0 Å². The van der Waals surface area contributed by atoms with Crippen LogP contribution in [0.4, 0.5) is 5.82 Å². The molecule has 4 heteroatoms. The van der Waals surface area contributed by atoms with Crippen LogP contribution < -0.4 is 3.11 Å². The Bertz CT molecular complexity index is 290. The summed E-state index contributed by atoms with van der Waals surface area (Å²) in [6, 6.07) is 7.34. The first-order chi connectivity index (χ1) is 5.24. The van der Waals surface area contributed by atoms with Gasteiger partial charge in [-0.1, -0.05) is 6.07 Å². The van der Waals surface area contributed by atoms with Crippen LogP contribution in [0.15, 0.2) is 18.2 Å². The monoisotopic (exact) mass is 259 g/mol. The van der Waals surface area contributed by atoms with E-state index in [9.17, 15) is 0 Å². The van der Waals surface area contributed by atoms with E-state index in [2.05, 4.69) is 27.8 Å². The summed E-state index contributed by atoms with van der Waals surface area (Å²) < 4.78 is 1.83. The van der Waals surface area contributed by atoms with Crippen LogP contribution in [0.5, 0.6) is 0 Å². The van der Waals surface area contributed by atoms with Gasteiger partial charge in [-0.2, -0.15) is 5.26 Å². The van der Waals surface area contributed by atoms with Crippen LogP contribution in [0, 0.1) is 11.3 Å². The minimum Gasteiger partial charge on any atom is -0.302 e. The van der Waals surface area contributed by atoms with Gasteiger partial charge in [-0.3, -0.25) is 0 Å². The Balaban J connectivity index is 3.03. The molecule has 0 radical (unpaired) electrons. The second-order valence-electron chi connectivity index (χ2n) is 1.97. The maximum Gasteiger partial charge on any atom is 0.142 e. The average molecular weight is 259 g/mol. The van der Waals surface area contributed by atoms with E-state index in [0.29, 0.717) is 5.69 Å². The third-order valence-corrected chi connectivity index (χ3v) is 1.66. The number of nitriles is 1. The van der Waals surface area contributed by atoms with Crippen LogP contribution in [-0.2, 0) is 0 Å². The van der Waals surface area contributed by atoms with E-state index < -0.39 is 0 Å². The van der Waals surface area contributed by atoms with Crippen molar-refractivity contribution < 1.29 is 0 Å². The standard InChI is InChI=1S/C7H6IN3/c1-11(8)7-4-2-3-6(5-9)10-7/h2-4H,1H3. The van der Waals surface area contributed by atoms with Crippen LogP contribution in [0.1, 0.15) is 5.69 Å². The molecule has 0 bridgehead atoms. The fraction of sp³-hybridized carbons (Fsp3) is 0.143. The molecule has 1 heterocycles. The van der Waals surface area contributed by atoms with E-state index in [1.165, 1.54) is 0 Å². The van der Waals surface area contributed by atoms with Crippen molar-refractivity contribution in [1.82, 2.24) is 4.98 Å². The van der Waals surface area contributed by atoms with E-state index in [0.717, 1.165) is 5.82 Å². The van der Waals surface area contributed by atoms with Crippen LogP contribution in [-0.4, -0.2) is 12.0 Å². The van der Waals surface area contributed by atoms with Gasteiger partial charge in [-0.25, -0.2) is 4.98 Å². The van der Waals surface area contributed by atoms with Crippen molar-refractivity contribution in [3.63, 3.8) is 0 Å². The highest BCUT2D eigenvalue weighted by molar-refractivity contribution is 14.1. The van der Waals surface area contributed by atoms with Crippen molar-refractivity contribution in [3.8, 4) is 6.07 Å². The molecule has 0 atom stereocenters. The summed E-state index contributed by atoms with van der Waals surface area (Å²) in [5.41, 5.74) is 0.450. The lowest BCUT2D eigenvalue weighted by atomic mass is 10.4. The summed E-state index contributed by atoms with van der Waals surface area (Å²) in [6.45, 7) is 0. The third-order valence-electron chi connectivity index (χ3n) is 1.16. The molecular weight excluding hydrogens is 253 g/mol. The molecule has 0 fully saturated rings. The lowest BCUT2D eigenvalue weighted by Gasteiger charge is -2.06. The molecule has 0 saturated carbocycles. The van der Waals surface area contributed by atoms with Gasteiger partial charge in [-0.05, 0) is 12.1 Å². The molecule has 0 aliphatic rings. The fourth-order valence-corrected chi connectivity index (χ4v) is 0.926. The minimum absolute atomic E-state index is 0.450. The van der Waals surface area contributed by atoms with E-state index in [1.807, 2.05) is 28.4 Å². The number of halogens is 1. The molecule has 1 aromatic rings. The second kappa shape index (κ2) is 3.53. The number of hydrogen-bond acceptors (Lipinski definition) is 3. The lowest BCUT2D eigenvalue weighted by Crippen LogP contribution is -2.02. The van der Waals surface area contributed by atoms with Gasteiger partial charge in [0, 0.05) is 7.05 Å². The van der Waals surface area contributed by atoms with E-state index in [4.69, 9.17) is 5.26 Å². The Kier molecular flexibility index (Phi) is 2.65. The summed E-state index contributed by atoms with van der Waals surface area (Å²) in [7, 11) is 1.88. The molecule has 3 nitrogen and oxygen atoms in total. The van der Waals surface area contributed by atoms with Crippen LogP contribution in [0.2, 0.25) is 0 Å². The molecule has 56 valence electrons. The second-order valence-corrected chi connectivity index (χ2v) is 3.42. The normalized spacial score (nSPS) is 8.82. The first-order valence-corrected chi connectivity index (χ1v) is 3.97. The smallest absolute Gasteiger partial charge is 0.142 e. The van der Waals surface area contributed by atoms with E-state index in [-0.39, 0.29) is 0 Å². The van der Waals surface area contributed by atoms with Gasteiger partial charge < -0.3 is 3.11 Å². The first kappa shape index (κ1) is 8.27. The van der Waals surface area contributed by atoms with Gasteiger partial charge in [0.25, 0.3) is 0 Å². The molecule has 11 heavy (non-hydrogen) atoms. The topological polar surface area (TPSA) is 39.9 Å². The fourth-order valence-electron chi connectivity index (χ4n) is 0.657.